The first-order valence-corrected chi connectivity index (χ1v) is 9.16. The van der Waals surface area contributed by atoms with Gasteiger partial charge in [0.15, 0.2) is 0 Å². The second-order valence-electron chi connectivity index (χ2n) is 5.32. The highest BCUT2D eigenvalue weighted by atomic mass is 79.9. The summed E-state index contributed by atoms with van der Waals surface area (Å²) in [6, 6.07) is 19.9. The van der Waals surface area contributed by atoms with Gasteiger partial charge in [0.2, 0.25) is 0 Å². The van der Waals surface area contributed by atoms with Gasteiger partial charge in [-0.2, -0.15) is 0 Å². The quantitative estimate of drug-likeness (QED) is 0.387. The Bertz CT molecular complexity index is 857. The minimum absolute atomic E-state index is 0.256. The van der Waals surface area contributed by atoms with Crippen molar-refractivity contribution >= 4 is 43.8 Å². The van der Waals surface area contributed by atoms with E-state index in [2.05, 4.69) is 36.9 Å². The molecule has 0 radical (unpaired) electrons. The molecule has 25 heavy (non-hydrogen) atoms. The highest BCUT2D eigenvalue weighted by Gasteiger charge is 2.09. The Morgan fingerprint density at radius 1 is 0.920 bits per heavy atom. The standard InChI is InChI=1S/C20H14Br2FNO/c21-18-10-15(12-24-17-4-2-1-3-5-17)11-19(22)20(18)25-13-14-6-8-16(23)9-7-14/h1-12H,13H2. The summed E-state index contributed by atoms with van der Waals surface area (Å²) >= 11 is 7.07. The summed E-state index contributed by atoms with van der Waals surface area (Å²) in [6.07, 6.45) is 1.80. The molecule has 5 heteroatoms. The van der Waals surface area contributed by atoms with Crippen molar-refractivity contribution in [1.29, 1.82) is 0 Å². The number of hydrogen-bond acceptors (Lipinski definition) is 2. The van der Waals surface area contributed by atoms with Crippen molar-refractivity contribution in [2.75, 3.05) is 0 Å². The maximum atomic E-state index is 12.9. The van der Waals surface area contributed by atoms with Crippen LogP contribution in [0.3, 0.4) is 0 Å². The van der Waals surface area contributed by atoms with E-state index in [1.165, 1.54) is 12.1 Å². The zero-order chi connectivity index (χ0) is 17.6. The largest absolute Gasteiger partial charge is 0.487 e. The number of ether oxygens (including phenoxy) is 1. The molecule has 3 rings (SSSR count). The Balaban J connectivity index is 1.73. The van der Waals surface area contributed by atoms with Gasteiger partial charge in [-0.1, -0.05) is 30.3 Å². The molecule has 0 aliphatic heterocycles. The van der Waals surface area contributed by atoms with E-state index in [-0.39, 0.29) is 5.82 Å². The van der Waals surface area contributed by atoms with Crippen molar-refractivity contribution in [3.05, 3.63) is 92.6 Å². The van der Waals surface area contributed by atoms with Crippen LogP contribution in [0.4, 0.5) is 10.1 Å². The summed E-state index contributed by atoms with van der Waals surface area (Å²) in [5, 5.41) is 0. The molecule has 0 heterocycles. The molecule has 2 nitrogen and oxygen atoms in total. The third-order valence-corrected chi connectivity index (χ3v) is 4.61. The SMILES string of the molecule is Fc1ccc(COc2c(Br)cc(C=Nc3ccccc3)cc2Br)cc1. The second kappa shape index (κ2) is 8.41. The Morgan fingerprint density at radius 3 is 2.20 bits per heavy atom. The summed E-state index contributed by atoms with van der Waals surface area (Å²) in [5.74, 6) is 0.439. The van der Waals surface area contributed by atoms with E-state index in [1.54, 1.807) is 18.3 Å². The van der Waals surface area contributed by atoms with Crippen molar-refractivity contribution in [2.24, 2.45) is 4.99 Å². The van der Waals surface area contributed by atoms with Gasteiger partial charge in [0.25, 0.3) is 0 Å². The lowest BCUT2D eigenvalue weighted by Gasteiger charge is -2.11. The van der Waals surface area contributed by atoms with Gasteiger partial charge in [-0.3, -0.25) is 4.99 Å². The van der Waals surface area contributed by atoms with Gasteiger partial charge in [0, 0.05) is 6.21 Å². The Morgan fingerprint density at radius 2 is 1.56 bits per heavy atom. The first kappa shape index (κ1) is 17.8. The zero-order valence-corrected chi connectivity index (χ0v) is 16.3. The van der Waals surface area contributed by atoms with Crippen molar-refractivity contribution in [1.82, 2.24) is 0 Å². The number of halogens is 3. The molecule has 0 aromatic heterocycles. The molecule has 0 fully saturated rings. The lowest BCUT2D eigenvalue weighted by atomic mass is 10.2. The fraction of sp³-hybridized carbons (Fsp3) is 0.0500. The summed E-state index contributed by atoms with van der Waals surface area (Å²) in [7, 11) is 0. The summed E-state index contributed by atoms with van der Waals surface area (Å²) in [6.45, 7) is 0.356. The Labute approximate surface area is 162 Å². The molecule has 0 atom stereocenters. The maximum absolute atomic E-state index is 12.9. The molecule has 3 aromatic carbocycles. The van der Waals surface area contributed by atoms with Crippen LogP contribution in [0.15, 0.2) is 80.7 Å². The number of rotatable bonds is 5. The topological polar surface area (TPSA) is 21.6 Å². The van der Waals surface area contributed by atoms with Crippen molar-refractivity contribution < 1.29 is 9.13 Å². The average Bonchev–Trinajstić information content (AvgIpc) is 2.62. The number of para-hydroxylation sites is 1. The van der Waals surface area contributed by atoms with Crippen LogP contribution in [-0.2, 0) is 6.61 Å². The third-order valence-electron chi connectivity index (χ3n) is 3.44. The molecule has 0 aliphatic carbocycles. The van der Waals surface area contributed by atoms with Crippen LogP contribution in [0.2, 0.25) is 0 Å². The van der Waals surface area contributed by atoms with E-state index in [4.69, 9.17) is 4.74 Å². The third kappa shape index (κ3) is 5.00. The number of benzene rings is 3. The van der Waals surface area contributed by atoms with Gasteiger partial charge < -0.3 is 4.74 Å². The molecule has 0 saturated heterocycles. The van der Waals surface area contributed by atoms with E-state index >= 15 is 0 Å². The van der Waals surface area contributed by atoms with Crippen LogP contribution >= 0.6 is 31.9 Å². The van der Waals surface area contributed by atoms with E-state index in [0.717, 1.165) is 25.8 Å². The normalized spacial score (nSPS) is 11.0. The van der Waals surface area contributed by atoms with E-state index in [1.807, 2.05) is 42.5 Å². The lowest BCUT2D eigenvalue weighted by molar-refractivity contribution is 0.302. The molecule has 0 saturated carbocycles. The molecule has 0 amide bonds. The van der Waals surface area contributed by atoms with Gasteiger partial charge >= 0.3 is 0 Å². The van der Waals surface area contributed by atoms with Gasteiger partial charge in [-0.05, 0) is 79.4 Å². The number of hydrogen-bond donors (Lipinski definition) is 0. The van der Waals surface area contributed by atoms with E-state index < -0.39 is 0 Å². The number of nitrogens with zero attached hydrogens (tertiary/aromatic N) is 1. The first-order chi connectivity index (χ1) is 12.1. The van der Waals surface area contributed by atoms with E-state index in [0.29, 0.717) is 12.4 Å². The Kier molecular flexibility index (Phi) is 6.00. The van der Waals surface area contributed by atoms with Crippen LogP contribution in [0, 0.1) is 5.82 Å². The molecule has 0 N–H and O–H groups in total. The monoisotopic (exact) mass is 461 g/mol. The fourth-order valence-electron chi connectivity index (χ4n) is 2.19. The highest BCUT2D eigenvalue weighted by Crippen LogP contribution is 2.35. The molecule has 0 bridgehead atoms. The minimum Gasteiger partial charge on any atom is -0.487 e. The molecule has 3 aromatic rings. The van der Waals surface area contributed by atoms with Gasteiger partial charge in [-0.15, -0.1) is 0 Å². The predicted molar refractivity (Wildman–Crippen MR) is 106 cm³/mol. The highest BCUT2D eigenvalue weighted by molar-refractivity contribution is 9.11. The summed E-state index contributed by atoms with van der Waals surface area (Å²) < 4.78 is 20.4. The Hall–Kier alpha value is -1.98. The number of aliphatic imine (C=N–C) groups is 1. The van der Waals surface area contributed by atoms with Gasteiger partial charge in [-0.25, -0.2) is 4.39 Å². The molecule has 126 valence electrons. The lowest BCUT2D eigenvalue weighted by Crippen LogP contribution is -1.98. The van der Waals surface area contributed by atoms with Crippen LogP contribution in [0.1, 0.15) is 11.1 Å². The van der Waals surface area contributed by atoms with Crippen LogP contribution < -0.4 is 4.74 Å². The summed E-state index contributed by atoms with van der Waals surface area (Å²) in [5.41, 5.74) is 2.73. The summed E-state index contributed by atoms with van der Waals surface area (Å²) in [4.78, 5) is 4.45. The molecular formula is C20H14Br2FNO. The van der Waals surface area contributed by atoms with Gasteiger partial charge in [0.05, 0.1) is 14.6 Å². The molecular weight excluding hydrogens is 449 g/mol. The van der Waals surface area contributed by atoms with Crippen molar-refractivity contribution in [3.8, 4) is 5.75 Å². The maximum Gasteiger partial charge on any atom is 0.148 e. The first-order valence-electron chi connectivity index (χ1n) is 7.57. The zero-order valence-electron chi connectivity index (χ0n) is 13.1. The van der Waals surface area contributed by atoms with Crippen LogP contribution in [-0.4, -0.2) is 6.21 Å². The fourth-order valence-corrected chi connectivity index (χ4v) is 3.64. The molecule has 0 spiro atoms. The second-order valence-corrected chi connectivity index (χ2v) is 7.03. The van der Waals surface area contributed by atoms with Crippen LogP contribution in [0.25, 0.3) is 0 Å². The predicted octanol–water partition coefficient (Wildman–Crippen LogP) is 6.68. The van der Waals surface area contributed by atoms with Crippen molar-refractivity contribution in [3.63, 3.8) is 0 Å². The van der Waals surface area contributed by atoms with Crippen LogP contribution in [0.5, 0.6) is 5.75 Å². The van der Waals surface area contributed by atoms with E-state index in [9.17, 15) is 4.39 Å². The minimum atomic E-state index is -0.256. The average molecular weight is 463 g/mol. The van der Waals surface area contributed by atoms with Crippen molar-refractivity contribution in [2.45, 2.75) is 6.61 Å². The molecule has 0 unspecified atom stereocenters. The molecule has 0 aliphatic rings. The smallest absolute Gasteiger partial charge is 0.148 e. The van der Waals surface area contributed by atoms with Gasteiger partial charge in [0.1, 0.15) is 18.2 Å².